The van der Waals surface area contributed by atoms with Gasteiger partial charge in [-0.25, -0.2) is 4.98 Å². The molecule has 5 heteroatoms. The Bertz CT molecular complexity index is 355. The lowest BCUT2D eigenvalue weighted by Gasteiger charge is -2.10. The molecule has 0 aliphatic rings. The maximum absolute atomic E-state index is 5.39. The highest BCUT2D eigenvalue weighted by atomic mass is 16.5. The monoisotopic (exact) mass is 252 g/mol. The molecule has 0 aliphatic heterocycles. The number of hydrogen-bond donors (Lipinski definition) is 1. The Morgan fingerprint density at radius 3 is 2.72 bits per heavy atom. The zero-order valence-corrected chi connectivity index (χ0v) is 11.9. The van der Waals surface area contributed by atoms with Crippen LogP contribution in [0.3, 0.4) is 0 Å². The predicted octanol–water partition coefficient (Wildman–Crippen LogP) is 1.94. The van der Waals surface area contributed by atoms with Gasteiger partial charge in [0.2, 0.25) is 11.8 Å². The van der Waals surface area contributed by atoms with Gasteiger partial charge < -0.3 is 15.0 Å². The summed E-state index contributed by atoms with van der Waals surface area (Å²) in [6.45, 7) is 6.52. The molecule has 0 amide bonds. The van der Waals surface area contributed by atoms with Crippen LogP contribution in [0.2, 0.25) is 0 Å². The van der Waals surface area contributed by atoms with Crippen LogP contribution in [-0.2, 0) is 0 Å². The molecule has 5 nitrogen and oxygen atoms in total. The number of nitrogens with one attached hydrogen (secondary N) is 1. The Morgan fingerprint density at radius 2 is 2.06 bits per heavy atom. The van der Waals surface area contributed by atoms with E-state index >= 15 is 0 Å². The first-order valence-corrected chi connectivity index (χ1v) is 6.49. The lowest BCUT2D eigenvalue weighted by molar-refractivity contribution is 0.326. The molecule has 0 bridgehead atoms. The quantitative estimate of drug-likeness (QED) is 0.717. The smallest absolute Gasteiger partial charge is 0.226 e. The third-order valence-corrected chi connectivity index (χ3v) is 2.44. The topological polar surface area (TPSA) is 50.3 Å². The second-order valence-corrected chi connectivity index (χ2v) is 4.54. The maximum Gasteiger partial charge on any atom is 0.226 e. The van der Waals surface area contributed by atoms with Crippen LogP contribution in [-0.4, -0.2) is 48.7 Å². The molecule has 0 atom stereocenters. The molecule has 0 fully saturated rings. The average Bonchev–Trinajstić information content (AvgIpc) is 2.28. The summed E-state index contributed by atoms with van der Waals surface area (Å²) in [5.41, 5.74) is 0.921. The SMILES string of the molecule is CCOc1cc(C)nc(NCCCCN(C)C)n1. The fourth-order valence-electron chi connectivity index (χ4n) is 1.59. The Balaban J connectivity index is 2.37. The molecule has 0 radical (unpaired) electrons. The van der Waals surface area contributed by atoms with E-state index in [4.69, 9.17) is 4.74 Å². The first kappa shape index (κ1) is 14.7. The third kappa shape index (κ3) is 5.82. The number of unbranched alkanes of at least 4 members (excludes halogenated alkanes) is 1. The van der Waals surface area contributed by atoms with Gasteiger partial charge in [0.25, 0.3) is 0 Å². The van der Waals surface area contributed by atoms with E-state index in [1.54, 1.807) is 0 Å². The molecule has 1 aromatic heterocycles. The van der Waals surface area contributed by atoms with Crippen LogP contribution >= 0.6 is 0 Å². The first-order chi connectivity index (χ1) is 8.61. The van der Waals surface area contributed by atoms with E-state index in [1.165, 1.54) is 6.42 Å². The Labute approximate surface area is 110 Å². The molecule has 0 saturated heterocycles. The van der Waals surface area contributed by atoms with Gasteiger partial charge >= 0.3 is 0 Å². The fraction of sp³-hybridized carbons (Fsp3) is 0.692. The highest BCUT2D eigenvalue weighted by Gasteiger charge is 2.02. The molecule has 1 rings (SSSR count). The van der Waals surface area contributed by atoms with Crippen molar-refractivity contribution in [2.24, 2.45) is 0 Å². The molecule has 18 heavy (non-hydrogen) atoms. The van der Waals surface area contributed by atoms with Crippen molar-refractivity contribution < 1.29 is 4.74 Å². The second kappa shape index (κ2) is 7.87. The normalized spacial score (nSPS) is 10.7. The van der Waals surface area contributed by atoms with E-state index in [1.807, 2.05) is 19.9 Å². The average molecular weight is 252 g/mol. The van der Waals surface area contributed by atoms with Gasteiger partial charge in [0.05, 0.1) is 6.61 Å². The zero-order chi connectivity index (χ0) is 13.4. The number of hydrogen-bond acceptors (Lipinski definition) is 5. The lowest BCUT2D eigenvalue weighted by Crippen LogP contribution is -2.14. The molecule has 0 spiro atoms. The van der Waals surface area contributed by atoms with Gasteiger partial charge in [0, 0.05) is 18.3 Å². The zero-order valence-electron chi connectivity index (χ0n) is 11.9. The molecular formula is C13H24N4O. The van der Waals surface area contributed by atoms with E-state index in [0.717, 1.165) is 25.2 Å². The van der Waals surface area contributed by atoms with Crippen molar-refractivity contribution in [3.8, 4) is 5.88 Å². The molecule has 1 aromatic rings. The minimum Gasteiger partial charge on any atom is -0.478 e. The molecule has 0 aromatic carbocycles. The van der Waals surface area contributed by atoms with Crippen molar-refractivity contribution >= 4 is 5.95 Å². The third-order valence-electron chi connectivity index (χ3n) is 2.44. The second-order valence-electron chi connectivity index (χ2n) is 4.54. The van der Waals surface area contributed by atoms with E-state index in [2.05, 4.69) is 34.3 Å². The standard InChI is InChI=1S/C13H24N4O/c1-5-18-12-10-11(2)15-13(16-12)14-8-6-7-9-17(3)4/h10H,5-9H2,1-4H3,(H,14,15,16). The number of aryl methyl sites for hydroxylation is 1. The van der Waals surface area contributed by atoms with Gasteiger partial charge in [0.1, 0.15) is 0 Å². The summed E-state index contributed by atoms with van der Waals surface area (Å²) in [5, 5.41) is 3.24. The van der Waals surface area contributed by atoms with Crippen LogP contribution in [0.4, 0.5) is 5.95 Å². The number of nitrogens with zero attached hydrogens (tertiary/aromatic N) is 3. The van der Waals surface area contributed by atoms with Crippen molar-refractivity contribution in [3.63, 3.8) is 0 Å². The number of anilines is 1. The van der Waals surface area contributed by atoms with Crippen LogP contribution in [0, 0.1) is 6.92 Å². The number of ether oxygens (including phenoxy) is 1. The molecule has 1 heterocycles. The minimum absolute atomic E-state index is 0.624. The summed E-state index contributed by atoms with van der Waals surface area (Å²) in [6.07, 6.45) is 2.28. The van der Waals surface area contributed by atoms with E-state index in [0.29, 0.717) is 18.4 Å². The van der Waals surface area contributed by atoms with Gasteiger partial charge in [0.15, 0.2) is 0 Å². The summed E-state index contributed by atoms with van der Waals surface area (Å²) < 4.78 is 5.39. The van der Waals surface area contributed by atoms with Crippen molar-refractivity contribution in [3.05, 3.63) is 11.8 Å². The molecule has 0 aliphatic carbocycles. The highest BCUT2D eigenvalue weighted by Crippen LogP contribution is 2.11. The Kier molecular flexibility index (Phi) is 6.43. The van der Waals surface area contributed by atoms with Crippen LogP contribution < -0.4 is 10.1 Å². The Hall–Kier alpha value is -1.36. The van der Waals surface area contributed by atoms with Gasteiger partial charge in [-0.2, -0.15) is 4.98 Å². The van der Waals surface area contributed by atoms with E-state index in [-0.39, 0.29) is 0 Å². The number of aromatic nitrogens is 2. The van der Waals surface area contributed by atoms with Crippen LogP contribution in [0.25, 0.3) is 0 Å². The molecule has 0 saturated carbocycles. The first-order valence-electron chi connectivity index (χ1n) is 6.49. The van der Waals surface area contributed by atoms with Gasteiger partial charge in [-0.05, 0) is 47.3 Å². The van der Waals surface area contributed by atoms with E-state index in [9.17, 15) is 0 Å². The molecule has 1 N–H and O–H groups in total. The van der Waals surface area contributed by atoms with Crippen LogP contribution in [0.5, 0.6) is 5.88 Å². The van der Waals surface area contributed by atoms with Gasteiger partial charge in [-0.15, -0.1) is 0 Å². The molecular weight excluding hydrogens is 228 g/mol. The Morgan fingerprint density at radius 1 is 1.28 bits per heavy atom. The van der Waals surface area contributed by atoms with Gasteiger partial charge in [-0.3, -0.25) is 0 Å². The largest absolute Gasteiger partial charge is 0.478 e. The summed E-state index contributed by atoms with van der Waals surface area (Å²) >= 11 is 0. The van der Waals surface area contributed by atoms with Crippen LogP contribution in [0.15, 0.2) is 6.07 Å². The molecule has 0 unspecified atom stereocenters. The minimum atomic E-state index is 0.624. The lowest BCUT2D eigenvalue weighted by atomic mass is 10.3. The summed E-state index contributed by atoms with van der Waals surface area (Å²) in [7, 11) is 4.18. The summed E-state index contributed by atoms with van der Waals surface area (Å²) in [4.78, 5) is 10.8. The highest BCUT2D eigenvalue weighted by molar-refractivity contribution is 5.30. The fourth-order valence-corrected chi connectivity index (χ4v) is 1.59. The van der Waals surface area contributed by atoms with Gasteiger partial charge in [-0.1, -0.05) is 0 Å². The molecule has 102 valence electrons. The maximum atomic E-state index is 5.39. The summed E-state index contributed by atoms with van der Waals surface area (Å²) in [5.74, 6) is 1.30. The predicted molar refractivity (Wildman–Crippen MR) is 74.2 cm³/mol. The van der Waals surface area contributed by atoms with Crippen molar-refractivity contribution in [1.82, 2.24) is 14.9 Å². The van der Waals surface area contributed by atoms with Crippen molar-refractivity contribution in [2.75, 3.05) is 39.1 Å². The summed E-state index contributed by atoms with van der Waals surface area (Å²) in [6, 6.07) is 1.85. The van der Waals surface area contributed by atoms with Crippen molar-refractivity contribution in [2.45, 2.75) is 26.7 Å². The van der Waals surface area contributed by atoms with Crippen LogP contribution in [0.1, 0.15) is 25.5 Å². The van der Waals surface area contributed by atoms with Crippen molar-refractivity contribution in [1.29, 1.82) is 0 Å². The van der Waals surface area contributed by atoms with E-state index < -0.39 is 0 Å². The number of rotatable bonds is 8.